The molecular formula is C19H19N3O3S. The summed E-state index contributed by atoms with van der Waals surface area (Å²) in [6.45, 7) is 1.20. The van der Waals surface area contributed by atoms with Gasteiger partial charge in [-0.1, -0.05) is 23.9 Å². The van der Waals surface area contributed by atoms with Crippen LogP contribution in [0, 0.1) is 0 Å². The topological polar surface area (TPSA) is 77.0 Å². The van der Waals surface area contributed by atoms with Gasteiger partial charge in [-0.05, 0) is 37.1 Å². The molecular weight excluding hydrogens is 350 g/mol. The number of thioether (sulfide) groups is 1. The molecule has 1 aromatic carbocycles. The first-order valence-corrected chi connectivity index (χ1v) is 9.61. The number of nitrogens with one attached hydrogen (secondary N) is 1. The van der Waals surface area contributed by atoms with Gasteiger partial charge in [-0.3, -0.25) is 14.2 Å². The van der Waals surface area contributed by atoms with Crippen molar-refractivity contribution in [2.45, 2.75) is 30.6 Å². The van der Waals surface area contributed by atoms with Crippen LogP contribution in [0.25, 0.3) is 10.9 Å². The smallest absolute Gasteiger partial charge is 0.262 e. The van der Waals surface area contributed by atoms with Crippen LogP contribution in [-0.2, 0) is 11.3 Å². The molecule has 134 valence electrons. The van der Waals surface area contributed by atoms with Gasteiger partial charge in [0.05, 0.1) is 35.0 Å². The second-order valence-corrected chi connectivity index (χ2v) is 7.20. The van der Waals surface area contributed by atoms with E-state index in [0.29, 0.717) is 28.3 Å². The zero-order valence-corrected chi connectivity index (χ0v) is 15.0. The number of ether oxygens (including phenoxy) is 1. The molecule has 0 amide bonds. The fourth-order valence-electron chi connectivity index (χ4n) is 3.12. The molecule has 1 unspecified atom stereocenters. The van der Waals surface area contributed by atoms with Gasteiger partial charge in [0.1, 0.15) is 0 Å². The summed E-state index contributed by atoms with van der Waals surface area (Å²) in [4.78, 5) is 32.8. The van der Waals surface area contributed by atoms with Crippen molar-refractivity contribution >= 4 is 28.4 Å². The van der Waals surface area contributed by atoms with Gasteiger partial charge in [-0.25, -0.2) is 4.98 Å². The Morgan fingerprint density at radius 1 is 1.31 bits per heavy atom. The highest BCUT2D eigenvalue weighted by molar-refractivity contribution is 7.99. The Labute approximate surface area is 154 Å². The number of hydrogen-bond donors (Lipinski definition) is 1. The highest BCUT2D eigenvalue weighted by Gasteiger charge is 2.20. The fraction of sp³-hybridized carbons (Fsp3) is 0.316. The number of Topliss-reactive ketones (excluding diaryl/α,β-unsaturated/α-hetero) is 1. The molecule has 4 rings (SSSR count). The Balaban J connectivity index is 1.66. The van der Waals surface area contributed by atoms with E-state index in [1.807, 2.05) is 18.2 Å². The van der Waals surface area contributed by atoms with Crippen molar-refractivity contribution in [3.8, 4) is 0 Å². The monoisotopic (exact) mass is 369 g/mol. The number of aromatic amines is 1. The van der Waals surface area contributed by atoms with Crippen molar-refractivity contribution in [2.75, 3.05) is 12.4 Å². The molecule has 0 spiro atoms. The molecule has 0 bridgehead atoms. The standard InChI is InChI=1S/C19H19N3O3S/c23-17(16-8-3-9-20-16)12-26-19-21-15-7-2-1-6-14(15)18(24)22(19)11-13-5-4-10-25-13/h1-3,6-9,13,20H,4-5,10-12H2. The van der Waals surface area contributed by atoms with Crippen molar-refractivity contribution in [1.29, 1.82) is 0 Å². The molecule has 1 fully saturated rings. The molecule has 1 aliphatic heterocycles. The molecule has 1 N–H and O–H groups in total. The maximum atomic E-state index is 13.0. The van der Waals surface area contributed by atoms with E-state index in [2.05, 4.69) is 9.97 Å². The number of H-pyrrole nitrogens is 1. The van der Waals surface area contributed by atoms with E-state index in [-0.39, 0.29) is 23.2 Å². The number of nitrogens with zero attached hydrogens (tertiary/aromatic N) is 2. The van der Waals surface area contributed by atoms with E-state index < -0.39 is 0 Å². The predicted molar refractivity (Wildman–Crippen MR) is 101 cm³/mol. The number of carbonyl (C=O) groups excluding carboxylic acids is 1. The molecule has 0 saturated carbocycles. The molecule has 3 heterocycles. The first-order valence-electron chi connectivity index (χ1n) is 8.63. The molecule has 0 aliphatic carbocycles. The molecule has 6 nitrogen and oxygen atoms in total. The molecule has 0 radical (unpaired) electrons. The van der Waals surface area contributed by atoms with Gasteiger partial charge >= 0.3 is 0 Å². The lowest BCUT2D eigenvalue weighted by molar-refractivity contribution is 0.0937. The molecule has 26 heavy (non-hydrogen) atoms. The zero-order chi connectivity index (χ0) is 17.9. The predicted octanol–water partition coefficient (Wildman–Crippen LogP) is 2.88. The molecule has 1 saturated heterocycles. The SMILES string of the molecule is O=C(CSc1nc2ccccc2c(=O)n1CC1CCCO1)c1ccc[nH]1. The Hall–Kier alpha value is -2.38. The molecule has 1 atom stereocenters. The summed E-state index contributed by atoms with van der Waals surface area (Å²) in [5.74, 6) is 0.197. The second kappa shape index (κ2) is 7.47. The van der Waals surface area contributed by atoms with Gasteiger partial charge in [-0.15, -0.1) is 0 Å². The van der Waals surface area contributed by atoms with Crippen molar-refractivity contribution in [3.63, 3.8) is 0 Å². The van der Waals surface area contributed by atoms with Gasteiger partial charge in [0, 0.05) is 12.8 Å². The Morgan fingerprint density at radius 2 is 2.19 bits per heavy atom. The highest BCUT2D eigenvalue weighted by atomic mass is 32.2. The number of benzene rings is 1. The number of aromatic nitrogens is 3. The van der Waals surface area contributed by atoms with E-state index in [1.54, 1.807) is 29.0 Å². The number of rotatable bonds is 6. The first-order chi connectivity index (χ1) is 12.7. The third-order valence-corrected chi connectivity index (χ3v) is 5.44. The Morgan fingerprint density at radius 3 is 2.96 bits per heavy atom. The summed E-state index contributed by atoms with van der Waals surface area (Å²) >= 11 is 1.29. The molecule has 1 aliphatic rings. The Bertz CT molecular complexity index is 975. The third kappa shape index (κ3) is 3.45. The highest BCUT2D eigenvalue weighted by Crippen LogP contribution is 2.21. The zero-order valence-electron chi connectivity index (χ0n) is 14.2. The lowest BCUT2D eigenvalue weighted by atomic mass is 10.2. The summed E-state index contributed by atoms with van der Waals surface area (Å²) in [6, 6.07) is 10.8. The van der Waals surface area contributed by atoms with Crippen LogP contribution in [-0.4, -0.2) is 38.8 Å². The maximum absolute atomic E-state index is 13.0. The number of carbonyl (C=O) groups is 1. The van der Waals surface area contributed by atoms with Crippen LogP contribution >= 0.6 is 11.8 Å². The van der Waals surface area contributed by atoms with Crippen molar-refractivity contribution in [2.24, 2.45) is 0 Å². The molecule has 3 aromatic rings. The van der Waals surface area contributed by atoms with Crippen molar-refractivity contribution in [1.82, 2.24) is 14.5 Å². The summed E-state index contributed by atoms with van der Waals surface area (Å²) in [5.41, 5.74) is 1.13. The van der Waals surface area contributed by atoms with Crippen LogP contribution in [0.4, 0.5) is 0 Å². The number of ketones is 1. The van der Waals surface area contributed by atoms with Gasteiger partial charge in [0.15, 0.2) is 10.9 Å². The minimum absolute atomic E-state index is 0.0222. The molecule has 7 heteroatoms. The first kappa shape index (κ1) is 17.1. The van der Waals surface area contributed by atoms with Crippen LogP contribution in [0.5, 0.6) is 0 Å². The van der Waals surface area contributed by atoms with E-state index in [4.69, 9.17) is 4.74 Å². The van der Waals surface area contributed by atoms with Crippen LogP contribution in [0.1, 0.15) is 23.3 Å². The number of para-hydroxylation sites is 1. The van der Waals surface area contributed by atoms with E-state index in [0.717, 1.165) is 19.4 Å². The van der Waals surface area contributed by atoms with E-state index in [9.17, 15) is 9.59 Å². The van der Waals surface area contributed by atoms with Crippen molar-refractivity contribution in [3.05, 3.63) is 58.6 Å². The summed E-state index contributed by atoms with van der Waals surface area (Å²) < 4.78 is 7.35. The number of hydrogen-bond acceptors (Lipinski definition) is 5. The largest absolute Gasteiger partial charge is 0.376 e. The minimum Gasteiger partial charge on any atom is -0.376 e. The Kier molecular flexibility index (Phi) is 4.90. The third-order valence-electron chi connectivity index (χ3n) is 4.47. The van der Waals surface area contributed by atoms with Gasteiger partial charge < -0.3 is 9.72 Å². The average Bonchev–Trinajstić information content (AvgIpc) is 3.36. The van der Waals surface area contributed by atoms with E-state index >= 15 is 0 Å². The summed E-state index contributed by atoms with van der Waals surface area (Å²) in [6.07, 6.45) is 3.69. The summed E-state index contributed by atoms with van der Waals surface area (Å²) in [7, 11) is 0. The number of fused-ring (bicyclic) bond motifs is 1. The second-order valence-electron chi connectivity index (χ2n) is 6.26. The van der Waals surface area contributed by atoms with Crippen LogP contribution < -0.4 is 5.56 Å². The fourth-order valence-corrected chi connectivity index (χ4v) is 4.01. The average molecular weight is 369 g/mol. The molecule has 2 aromatic heterocycles. The maximum Gasteiger partial charge on any atom is 0.262 e. The van der Waals surface area contributed by atoms with Crippen LogP contribution in [0.15, 0.2) is 52.5 Å². The summed E-state index contributed by atoms with van der Waals surface area (Å²) in [5, 5.41) is 1.15. The van der Waals surface area contributed by atoms with Gasteiger partial charge in [0.2, 0.25) is 0 Å². The van der Waals surface area contributed by atoms with E-state index in [1.165, 1.54) is 11.8 Å². The lowest BCUT2D eigenvalue weighted by Gasteiger charge is -2.16. The van der Waals surface area contributed by atoms with Gasteiger partial charge in [-0.2, -0.15) is 0 Å². The van der Waals surface area contributed by atoms with Crippen LogP contribution in [0.3, 0.4) is 0 Å². The van der Waals surface area contributed by atoms with Crippen LogP contribution in [0.2, 0.25) is 0 Å². The minimum atomic E-state index is -0.0825. The quantitative estimate of drug-likeness (QED) is 0.411. The normalized spacial score (nSPS) is 17.0. The van der Waals surface area contributed by atoms with Crippen molar-refractivity contribution < 1.29 is 9.53 Å². The van der Waals surface area contributed by atoms with Gasteiger partial charge in [0.25, 0.3) is 5.56 Å². The lowest BCUT2D eigenvalue weighted by Crippen LogP contribution is -2.29.